The third kappa shape index (κ3) is 8.67. The highest BCUT2D eigenvalue weighted by Gasteiger charge is 2.34. The highest BCUT2D eigenvalue weighted by molar-refractivity contribution is 7.92. The van der Waals surface area contributed by atoms with E-state index in [9.17, 15) is 18.0 Å². The van der Waals surface area contributed by atoms with Crippen LogP contribution in [0.5, 0.6) is 0 Å². The molecule has 3 aromatic rings. The molecule has 2 amide bonds. The molecule has 0 radical (unpaired) electrons. The van der Waals surface area contributed by atoms with Crippen molar-refractivity contribution in [2.24, 2.45) is 0 Å². The number of hydrogen-bond acceptors (Lipinski definition) is 4. The van der Waals surface area contributed by atoms with Crippen molar-refractivity contribution in [3.05, 3.63) is 101 Å². The lowest BCUT2D eigenvalue weighted by Gasteiger charge is -2.35. The predicted molar refractivity (Wildman–Crippen MR) is 164 cm³/mol. The largest absolute Gasteiger partial charge is 0.352 e. The van der Waals surface area contributed by atoms with E-state index in [-0.39, 0.29) is 18.5 Å². The van der Waals surface area contributed by atoms with Gasteiger partial charge in [0.1, 0.15) is 12.6 Å². The van der Waals surface area contributed by atoms with Crippen LogP contribution in [0.3, 0.4) is 0 Å². The summed E-state index contributed by atoms with van der Waals surface area (Å²) < 4.78 is 27.2. The Labute approximate surface area is 244 Å². The summed E-state index contributed by atoms with van der Waals surface area (Å²) in [7, 11) is -3.80. The zero-order chi connectivity index (χ0) is 29.4. The van der Waals surface area contributed by atoms with Gasteiger partial charge in [0, 0.05) is 19.0 Å². The Balaban J connectivity index is 1.71. The van der Waals surface area contributed by atoms with Crippen molar-refractivity contribution >= 4 is 27.5 Å². The Hall–Kier alpha value is -3.65. The first kappa shape index (κ1) is 30.3. The Morgan fingerprint density at radius 2 is 1.41 bits per heavy atom. The standard InChI is InChI=1S/C33H41N3O4S/c1-25-19-26(2)21-30(20-25)36(41(3,39)40)24-32(37)35(23-28-15-9-5-10-16-28)31(22-27-13-7-4-8-14-27)33(38)34-29-17-11-6-12-18-29/h4-5,7-10,13-16,19-21,29,31H,6,11-12,17-18,22-24H2,1-3H3,(H,34,38)/t31-/m0/s1. The summed E-state index contributed by atoms with van der Waals surface area (Å²) in [6.45, 7) is 3.56. The van der Waals surface area contributed by atoms with Crippen LogP contribution in [0.1, 0.15) is 54.4 Å². The van der Waals surface area contributed by atoms with Crippen molar-refractivity contribution in [2.45, 2.75) is 71.0 Å². The van der Waals surface area contributed by atoms with Crippen LogP contribution in [0, 0.1) is 13.8 Å². The molecule has 41 heavy (non-hydrogen) atoms. The van der Waals surface area contributed by atoms with Gasteiger partial charge in [-0.05, 0) is 61.1 Å². The van der Waals surface area contributed by atoms with Gasteiger partial charge in [-0.2, -0.15) is 0 Å². The molecule has 1 atom stereocenters. The summed E-state index contributed by atoms with van der Waals surface area (Å²) >= 11 is 0. The minimum Gasteiger partial charge on any atom is -0.352 e. The quantitative estimate of drug-likeness (QED) is 0.342. The molecule has 1 aliphatic rings. The van der Waals surface area contributed by atoms with Gasteiger partial charge >= 0.3 is 0 Å². The topological polar surface area (TPSA) is 86.8 Å². The SMILES string of the molecule is Cc1cc(C)cc(N(CC(=O)N(Cc2ccccc2)[C@@H](Cc2ccccc2)C(=O)NC2CCCCC2)S(C)(=O)=O)c1. The molecule has 1 N–H and O–H groups in total. The second-order valence-electron chi connectivity index (χ2n) is 11.2. The normalized spacial score (nSPS) is 14.7. The van der Waals surface area contributed by atoms with Gasteiger partial charge < -0.3 is 10.2 Å². The van der Waals surface area contributed by atoms with E-state index in [1.54, 1.807) is 17.0 Å². The summed E-state index contributed by atoms with van der Waals surface area (Å²) in [4.78, 5) is 29.7. The molecule has 0 bridgehead atoms. The number of carbonyl (C=O) groups excluding carboxylic acids is 2. The van der Waals surface area contributed by atoms with Gasteiger partial charge in [0.05, 0.1) is 11.9 Å². The molecule has 0 aliphatic heterocycles. The fourth-order valence-corrected chi connectivity index (χ4v) is 6.42. The van der Waals surface area contributed by atoms with Crippen LogP contribution in [0.25, 0.3) is 0 Å². The summed E-state index contributed by atoms with van der Waals surface area (Å²) in [6.07, 6.45) is 6.58. The number of rotatable bonds is 11. The van der Waals surface area contributed by atoms with E-state index < -0.39 is 28.5 Å². The van der Waals surface area contributed by atoms with Crippen LogP contribution >= 0.6 is 0 Å². The molecule has 0 spiro atoms. The Kier molecular flexibility index (Phi) is 10.2. The predicted octanol–water partition coefficient (Wildman–Crippen LogP) is 5.16. The smallest absolute Gasteiger partial charge is 0.244 e. The minimum atomic E-state index is -3.80. The zero-order valence-electron chi connectivity index (χ0n) is 24.3. The van der Waals surface area contributed by atoms with E-state index in [1.165, 1.54) is 0 Å². The fourth-order valence-electron chi connectivity index (χ4n) is 5.59. The first-order valence-electron chi connectivity index (χ1n) is 14.3. The molecular weight excluding hydrogens is 534 g/mol. The van der Waals surface area contributed by atoms with E-state index in [4.69, 9.17) is 0 Å². The van der Waals surface area contributed by atoms with E-state index in [0.29, 0.717) is 12.1 Å². The van der Waals surface area contributed by atoms with Gasteiger partial charge in [-0.1, -0.05) is 86.0 Å². The molecular formula is C33H41N3O4S. The lowest BCUT2D eigenvalue weighted by molar-refractivity contribution is -0.140. The molecule has 3 aromatic carbocycles. The van der Waals surface area contributed by atoms with Crippen molar-refractivity contribution in [3.8, 4) is 0 Å². The van der Waals surface area contributed by atoms with Crippen LogP contribution in [-0.4, -0.2) is 50.0 Å². The Morgan fingerprint density at radius 1 is 0.854 bits per heavy atom. The fraction of sp³-hybridized carbons (Fsp3) is 0.394. The number of nitrogens with zero attached hydrogens (tertiary/aromatic N) is 2. The number of sulfonamides is 1. The third-order valence-electron chi connectivity index (χ3n) is 7.59. The molecule has 0 unspecified atom stereocenters. The summed E-state index contributed by atoms with van der Waals surface area (Å²) in [5.74, 6) is -0.638. The number of aryl methyl sites for hydroxylation is 2. The summed E-state index contributed by atoms with van der Waals surface area (Å²) in [5.41, 5.74) is 4.02. The van der Waals surface area contributed by atoms with Crippen LogP contribution < -0.4 is 9.62 Å². The second kappa shape index (κ2) is 13.8. The van der Waals surface area contributed by atoms with Crippen molar-refractivity contribution < 1.29 is 18.0 Å². The molecule has 218 valence electrons. The number of amides is 2. The number of carbonyl (C=O) groups is 2. The van der Waals surface area contributed by atoms with Crippen LogP contribution in [0.15, 0.2) is 78.9 Å². The van der Waals surface area contributed by atoms with Gasteiger partial charge in [-0.3, -0.25) is 13.9 Å². The first-order chi connectivity index (χ1) is 19.6. The molecule has 0 aromatic heterocycles. The molecule has 0 saturated heterocycles. The van der Waals surface area contributed by atoms with Gasteiger partial charge in [0.2, 0.25) is 21.8 Å². The van der Waals surface area contributed by atoms with Gasteiger partial charge in [-0.25, -0.2) is 8.42 Å². The summed E-state index contributed by atoms with van der Waals surface area (Å²) in [5, 5.41) is 3.23. The second-order valence-corrected chi connectivity index (χ2v) is 13.1. The average molecular weight is 576 g/mol. The molecule has 1 saturated carbocycles. The first-order valence-corrected chi connectivity index (χ1v) is 16.2. The number of anilines is 1. The maximum absolute atomic E-state index is 14.2. The molecule has 1 fully saturated rings. The molecule has 1 aliphatic carbocycles. The highest BCUT2D eigenvalue weighted by Crippen LogP contribution is 2.24. The van der Waals surface area contributed by atoms with Crippen LogP contribution in [-0.2, 0) is 32.6 Å². The van der Waals surface area contributed by atoms with Crippen LogP contribution in [0.4, 0.5) is 5.69 Å². The molecule has 8 heteroatoms. The van der Waals surface area contributed by atoms with Crippen molar-refractivity contribution in [3.63, 3.8) is 0 Å². The molecule has 4 rings (SSSR count). The maximum atomic E-state index is 14.2. The zero-order valence-corrected chi connectivity index (χ0v) is 25.1. The number of nitrogens with one attached hydrogen (secondary N) is 1. The van der Waals surface area contributed by atoms with Crippen molar-refractivity contribution in [1.29, 1.82) is 0 Å². The van der Waals surface area contributed by atoms with Gasteiger partial charge in [0.15, 0.2) is 0 Å². The van der Waals surface area contributed by atoms with Crippen LogP contribution in [0.2, 0.25) is 0 Å². The minimum absolute atomic E-state index is 0.0750. The third-order valence-corrected chi connectivity index (χ3v) is 8.73. The van der Waals surface area contributed by atoms with E-state index >= 15 is 0 Å². The Bertz CT molecular complexity index is 1400. The van der Waals surface area contributed by atoms with Gasteiger partial charge in [0.25, 0.3) is 0 Å². The van der Waals surface area contributed by atoms with E-state index in [0.717, 1.165) is 64.9 Å². The summed E-state index contributed by atoms with van der Waals surface area (Å²) in [6, 6.07) is 23.9. The van der Waals surface area contributed by atoms with E-state index in [2.05, 4.69) is 5.32 Å². The lowest BCUT2D eigenvalue weighted by Crippen LogP contribution is -2.55. The molecule has 7 nitrogen and oxygen atoms in total. The molecule has 0 heterocycles. The van der Waals surface area contributed by atoms with Gasteiger partial charge in [-0.15, -0.1) is 0 Å². The van der Waals surface area contributed by atoms with Crippen molar-refractivity contribution in [1.82, 2.24) is 10.2 Å². The monoisotopic (exact) mass is 575 g/mol. The average Bonchev–Trinajstić information content (AvgIpc) is 2.94. The highest BCUT2D eigenvalue weighted by atomic mass is 32.2. The maximum Gasteiger partial charge on any atom is 0.244 e. The van der Waals surface area contributed by atoms with Crippen molar-refractivity contribution in [2.75, 3.05) is 17.1 Å². The van der Waals surface area contributed by atoms with E-state index in [1.807, 2.05) is 80.6 Å². The Morgan fingerprint density at radius 3 is 1.98 bits per heavy atom. The number of hydrogen-bond donors (Lipinski definition) is 1. The number of benzene rings is 3. The lowest BCUT2D eigenvalue weighted by atomic mass is 9.94.